The molecule has 6 nitrogen and oxygen atoms in total. The van der Waals surface area contributed by atoms with Gasteiger partial charge in [-0.3, -0.25) is 4.79 Å². The average molecular weight is 374 g/mol. The molecule has 1 aromatic heterocycles. The third-order valence-corrected chi connectivity index (χ3v) is 4.75. The highest BCUT2D eigenvalue weighted by Gasteiger charge is 2.13. The lowest BCUT2D eigenvalue weighted by atomic mass is 10.2. The van der Waals surface area contributed by atoms with Crippen molar-refractivity contribution in [3.05, 3.63) is 58.6 Å². The summed E-state index contributed by atoms with van der Waals surface area (Å²) in [6, 6.07) is 13.3. The Labute approximate surface area is 154 Å². The number of anilines is 1. The van der Waals surface area contributed by atoms with Gasteiger partial charge in [0.1, 0.15) is 0 Å². The molecule has 0 aliphatic rings. The number of amides is 1. The topological polar surface area (TPSA) is 72.7 Å². The zero-order valence-corrected chi connectivity index (χ0v) is 15.3. The Bertz CT molecular complexity index is 912. The van der Waals surface area contributed by atoms with Crippen LogP contribution in [0.3, 0.4) is 0 Å². The summed E-state index contributed by atoms with van der Waals surface area (Å²) in [4.78, 5) is 12.2. The molecule has 3 aromatic rings. The van der Waals surface area contributed by atoms with Gasteiger partial charge in [0.05, 0.1) is 22.2 Å². The number of carbonyl (C=O) groups is 1. The van der Waals surface area contributed by atoms with Crippen molar-refractivity contribution in [1.29, 1.82) is 0 Å². The molecule has 25 heavy (non-hydrogen) atoms. The second-order valence-corrected chi connectivity index (χ2v) is 6.83. The van der Waals surface area contributed by atoms with Crippen LogP contribution >= 0.6 is 23.4 Å². The Morgan fingerprint density at radius 1 is 1.24 bits per heavy atom. The first kappa shape index (κ1) is 17.4. The fraction of sp³-hybridized carbons (Fsp3) is 0.176. The molecule has 0 spiro atoms. The summed E-state index contributed by atoms with van der Waals surface area (Å²) in [7, 11) is 0. The number of benzene rings is 2. The minimum atomic E-state index is -0.171. The molecule has 0 radical (unpaired) electrons. The van der Waals surface area contributed by atoms with Crippen LogP contribution < -0.4 is 5.32 Å². The van der Waals surface area contributed by atoms with Crippen LogP contribution in [0.25, 0.3) is 5.69 Å². The Morgan fingerprint density at radius 2 is 2.04 bits per heavy atom. The van der Waals surface area contributed by atoms with E-state index in [9.17, 15) is 4.79 Å². The number of para-hydroxylation sites is 1. The molecule has 1 N–H and O–H groups in total. The van der Waals surface area contributed by atoms with Gasteiger partial charge in [-0.25, -0.2) is 0 Å². The average Bonchev–Trinajstić information content (AvgIpc) is 3.04. The number of nitrogens with one attached hydrogen (secondary N) is 1. The lowest BCUT2D eigenvalue weighted by Crippen LogP contribution is -2.15. The summed E-state index contributed by atoms with van der Waals surface area (Å²) >= 11 is 7.40. The lowest BCUT2D eigenvalue weighted by Gasteiger charge is -2.09. The van der Waals surface area contributed by atoms with Gasteiger partial charge < -0.3 is 5.32 Å². The molecular weight excluding hydrogens is 358 g/mol. The van der Waals surface area contributed by atoms with Crippen LogP contribution in [0.4, 0.5) is 5.69 Å². The van der Waals surface area contributed by atoms with E-state index in [0.29, 0.717) is 15.9 Å². The third-order valence-electron chi connectivity index (χ3n) is 3.52. The monoisotopic (exact) mass is 373 g/mol. The highest BCUT2D eigenvalue weighted by atomic mass is 35.5. The fourth-order valence-electron chi connectivity index (χ4n) is 2.26. The number of carbonyl (C=O) groups excluding carboxylic acids is 1. The van der Waals surface area contributed by atoms with Crippen LogP contribution in [-0.2, 0) is 4.79 Å². The number of aryl methyl sites for hydroxylation is 2. The summed E-state index contributed by atoms with van der Waals surface area (Å²) in [5.41, 5.74) is 3.57. The van der Waals surface area contributed by atoms with Crippen LogP contribution in [0.15, 0.2) is 47.6 Å². The molecular formula is C17H16ClN5OS. The van der Waals surface area contributed by atoms with Crippen molar-refractivity contribution in [2.24, 2.45) is 0 Å². The second-order valence-electron chi connectivity index (χ2n) is 5.48. The molecule has 0 bridgehead atoms. The van der Waals surface area contributed by atoms with Gasteiger partial charge in [0.25, 0.3) is 0 Å². The molecule has 0 atom stereocenters. The molecule has 8 heteroatoms. The van der Waals surface area contributed by atoms with E-state index in [0.717, 1.165) is 16.8 Å². The van der Waals surface area contributed by atoms with Crippen LogP contribution in [0.5, 0.6) is 0 Å². The molecule has 0 fully saturated rings. The highest BCUT2D eigenvalue weighted by molar-refractivity contribution is 7.99. The normalized spacial score (nSPS) is 10.7. The Morgan fingerprint density at radius 3 is 2.80 bits per heavy atom. The van der Waals surface area contributed by atoms with Gasteiger partial charge in [0, 0.05) is 0 Å². The second kappa shape index (κ2) is 7.67. The molecule has 0 saturated heterocycles. The Balaban J connectivity index is 1.67. The number of hydrogen-bond acceptors (Lipinski definition) is 5. The van der Waals surface area contributed by atoms with Gasteiger partial charge in [-0.2, -0.15) is 4.68 Å². The number of tetrazole rings is 1. The van der Waals surface area contributed by atoms with Crippen molar-refractivity contribution in [2.75, 3.05) is 11.1 Å². The molecule has 128 valence electrons. The van der Waals surface area contributed by atoms with E-state index in [1.54, 1.807) is 10.7 Å². The van der Waals surface area contributed by atoms with Crippen molar-refractivity contribution < 1.29 is 4.79 Å². The molecule has 0 aliphatic carbocycles. The van der Waals surface area contributed by atoms with Gasteiger partial charge in [-0.05, 0) is 53.6 Å². The van der Waals surface area contributed by atoms with Crippen molar-refractivity contribution in [3.8, 4) is 5.69 Å². The predicted molar refractivity (Wildman–Crippen MR) is 99.4 cm³/mol. The van der Waals surface area contributed by atoms with E-state index in [-0.39, 0.29) is 11.7 Å². The highest BCUT2D eigenvalue weighted by Crippen LogP contribution is 2.24. The number of hydrogen-bond donors (Lipinski definition) is 1. The molecule has 3 rings (SSSR count). The van der Waals surface area contributed by atoms with Crippen LogP contribution in [0.1, 0.15) is 11.1 Å². The first-order valence-electron chi connectivity index (χ1n) is 7.58. The van der Waals surface area contributed by atoms with E-state index in [4.69, 9.17) is 11.6 Å². The fourth-order valence-corrected chi connectivity index (χ4v) is 3.23. The van der Waals surface area contributed by atoms with E-state index in [1.807, 2.05) is 50.2 Å². The van der Waals surface area contributed by atoms with Crippen molar-refractivity contribution in [3.63, 3.8) is 0 Å². The maximum Gasteiger partial charge on any atom is 0.234 e. The van der Waals surface area contributed by atoms with Crippen LogP contribution in [-0.4, -0.2) is 31.9 Å². The van der Waals surface area contributed by atoms with Crippen molar-refractivity contribution in [1.82, 2.24) is 20.2 Å². The van der Waals surface area contributed by atoms with Gasteiger partial charge in [-0.15, -0.1) is 5.10 Å². The van der Waals surface area contributed by atoms with Crippen LogP contribution in [0, 0.1) is 13.8 Å². The van der Waals surface area contributed by atoms with Gasteiger partial charge in [0.15, 0.2) is 0 Å². The van der Waals surface area contributed by atoms with E-state index >= 15 is 0 Å². The van der Waals surface area contributed by atoms with Gasteiger partial charge >= 0.3 is 0 Å². The number of halogens is 1. The largest absolute Gasteiger partial charge is 0.324 e. The molecule has 2 aromatic carbocycles. The summed E-state index contributed by atoms with van der Waals surface area (Å²) in [6.07, 6.45) is 0. The number of nitrogens with zero attached hydrogens (tertiary/aromatic N) is 4. The smallest absolute Gasteiger partial charge is 0.234 e. The zero-order valence-electron chi connectivity index (χ0n) is 13.7. The quantitative estimate of drug-likeness (QED) is 0.691. The third kappa shape index (κ3) is 4.18. The molecule has 1 amide bonds. The van der Waals surface area contributed by atoms with E-state index in [2.05, 4.69) is 20.8 Å². The standard InChI is InChI=1S/C17H16ClN5OS/c1-11-7-8-14(13(18)9-11)19-16(24)10-25-17-20-21-22-23(17)15-6-4-3-5-12(15)2/h3-9H,10H2,1-2H3,(H,19,24). The summed E-state index contributed by atoms with van der Waals surface area (Å²) in [6.45, 7) is 3.93. The maximum atomic E-state index is 12.2. The summed E-state index contributed by atoms with van der Waals surface area (Å²) in [5, 5.41) is 15.6. The number of thioether (sulfide) groups is 1. The van der Waals surface area contributed by atoms with Crippen molar-refractivity contribution in [2.45, 2.75) is 19.0 Å². The van der Waals surface area contributed by atoms with Gasteiger partial charge in [0.2, 0.25) is 11.1 Å². The number of rotatable bonds is 5. The molecule has 1 heterocycles. The van der Waals surface area contributed by atoms with E-state index < -0.39 is 0 Å². The lowest BCUT2D eigenvalue weighted by molar-refractivity contribution is -0.113. The number of aromatic nitrogens is 4. The van der Waals surface area contributed by atoms with Gasteiger partial charge in [-0.1, -0.05) is 47.6 Å². The predicted octanol–water partition coefficient (Wildman–Crippen LogP) is 3.66. The molecule has 0 unspecified atom stereocenters. The maximum absolute atomic E-state index is 12.2. The molecule has 0 aliphatic heterocycles. The first-order valence-corrected chi connectivity index (χ1v) is 8.94. The van der Waals surface area contributed by atoms with Crippen LogP contribution in [0.2, 0.25) is 5.02 Å². The Kier molecular flexibility index (Phi) is 5.35. The van der Waals surface area contributed by atoms with E-state index in [1.165, 1.54) is 11.8 Å². The molecule has 0 saturated carbocycles. The summed E-state index contributed by atoms with van der Waals surface area (Å²) < 4.78 is 1.63. The minimum absolute atomic E-state index is 0.171. The zero-order chi connectivity index (χ0) is 17.8. The SMILES string of the molecule is Cc1ccc(NC(=O)CSc2nnnn2-c2ccccc2C)c(Cl)c1. The Hall–Kier alpha value is -2.38. The summed E-state index contributed by atoms with van der Waals surface area (Å²) in [5.74, 6) is 0.00583. The minimum Gasteiger partial charge on any atom is -0.324 e. The van der Waals surface area contributed by atoms with Crippen molar-refractivity contribution >= 4 is 35.0 Å². The first-order chi connectivity index (χ1) is 12.0.